The van der Waals surface area contributed by atoms with E-state index in [1.165, 1.54) is 5.69 Å². The summed E-state index contributed by atoms with van der Waals surface area (Å²) in [7, 11) is 0. The molecule has 138 valence electrons. The first kappa shape index (κ1) is 18.2. The standard InChI is InChI=1S/C21H28N4O/c1-2-3-7-11-23-21(26)18-10-12-22-20(17-18)25-15-13-24(14-16-25)19-8-5-4-6-9-19/h4-6,8-10,12,17H,2-3,7,11,13-16H2,1H3,(H,23,26). The Morgan fingerprint density at radius 2 is 1.77 bits per heavy atom. The molecule has 0 spiro atoms. The zero-order valence-corrected chi connectivity index (χ0v) is 15.5. The maximum Gasteiger partial charge on any atom is 0.251 e. The van der Waals surface area contributed by atoms with Crippen LogP contribution in [0.4, 0.5) is 11.5 Å². The fraction of sp³-hybridized carbons (Fsp3) is 0.429. The van der Waals surface area contributed by atoms with E-state index < -0.39 is 0 Å². The number of pyridine rings is 1. The summed E-state index contributed by atoms with van der Waals surface area (Å²) in [5, 5.41) is 3.00. The van der Waals surface area contributed by atoms with E-state index in [0.29, 0.717) is 5.56 Å². The van der Waals surface area contributed by atoms with Crippen molar-refractivity contribution in [3.63, 3.8) is 0 Å². The number of benzene rings is 1. The molecule has 1 fully saturated rings. The highest BCUT2D eigenvalue weighted by molar-refractivity contribution is 5.94. The van der Waals surface area contributed by atoms with Crippen molar-refractivity contribution in [1.82, 2.24) is 10.3 Å². The Balaban J connectivity index is 1.56. The van der Waals surface area contributed by atoms with Crippen LogP contribution in [0.5, 0.6) is 0 Å². The molecule has 1 amide bonds. The van der Waals surface area contributed by atoms with Crippen LogP contribution in [0, 0.1) is 0 Å². The van der Waals surface area contributed by atoms with Gasteiger partial charge in [-0.3, -0.25) is 4.79 Å². The third kappa shape index (κ3) is 4.75. The van der Waals surface area contributed by atoms with Crippen molar-refractivity contribution in [2.24, 2.45) is 0 Å². The van der Waals surface area contributed by atoms with E-state index >= 15 is 0 Å². The number of carbonyl (C=O) groups is 1. The number of anilines is 2. The summed E-state index contributed by atoms with van der Waals surface area (Å²) in [5.74, 6) is 0.881. The number of hydrogen-bond acceptors (Lipinski definition) is 4. The molecule has 0 aliphatic carbocycles. The highest BCUT2D eigenvalue weighted by Crippen LogP contribution is 2.19. The lowest BCUT2D eigenvalue weighted by Crippen LogP contribution is -2.46. The van der Waals surface area contributed by atoms with Gasteiger partial charge in [0.05, 0.1) is 0 Å². The summed E-state index contributed by atoms with van der Waals surface area (Å²) in [6.07, 6.45) is 5.07. The van der Waals surface area contributed by atoms with Gasteiger partial charge in [0, 0.05) is 50.2 Å². The molecule has 0 unspecified atom stereocenters. The Morgan fingerprint density at radius 3 is 2.50 bits per heavy atom. The van der Waals surface area contributed by atoms with Crippen LogP contribution < -0.4 is 15.1 Å². The van der Waals surface area contributed by atoms with E-state index in [0.717, 1.165) is 57.8 Å². The zero-order valence-electron chi connectivity index (χ0n) is 15.5. The monoisotopic (exact) mass is 352 g/mol. The number of rotatable bonds is 7. The number of hydrogen-bond donors (Lipinski definition) is 1. The number of nitrogens with one attached hydrogen (secondary N) is 1. The number of carbonyl (C=O) groups excluding carboxylic acids is 1. The molecular formula is C21H28N4O. The Morgan fingerprint density at radius 1 is 1.04 bits per heavy atom. The van der Waals surface area contributed by atoms with E-state index in [4.69, 9.17) is 0 Å². The zero-order chi connectivity index (χ0) is 18.2. The summed E-state index contributed by atoms with van der Waals surface area (Å²) in [4.78, 5) is 21.4. The second-order valence-electron chi connectivity index (χ2n) is 6.68. The molecule has 1 aliphatic heterocycles. The van der Waals surface area contributed by atoms with Gasteiger partial charge in [0.25, 0.3) is 5.91 Å². The van der Waals surface area contributed by atoms with Gasteiger partial charge in [0.15, 0.2) is 0 Å². The van der Waals surface area contributed by atoms with Gasteiger partial charge in [0.1, 0.15) is 5.82 Å². The highest BCUT2D eigenvalue weighted by Gasteiger charge is 2.19. The molecule has 1 aromatic carbocycles. The number of piperazine rings is 1. The molecule has 2 heterocycles. The van der Waals surface area contributed by atoms with Crippen LogP contribution in [0.25, 0.3) is 0 Å². The lowest BCUT2D eigenvalue weighted by Gasteiger charge is -2.36. The van der Waals surface area contributed by atoms with Crippen molar-refractivity contribution < 1.29 is 4.79 Å². The third-order valence-corrected chi connectivity index (χ3v) is 4.80. The number of nitrogens with zero attached hydrogens (tertiary/aromatic N) is 3. The van der Waals surface area contributed by atoms with E-state index in [-0.39, 0.29) is 5.91 Å². The van der Waals surface area contributed by atoms with Gasteiger partial charge in [-0.1, -0.05) is 38.0 Å². The molecule has 0 bridgehead atoms. The van der Waals surface area contributed by atoms with Crippen LogP contribution in [-0.4, -0.2) is 43.6 Å². The molecule has 26 heavy (non-hydrogen) atoms. The van der Waals surface area contributed by atoms with E-state index in [2.05, 4.69) is 51.3 Å². The number of para-hydroxylation sites is 1. The molecule has 1 saturated heterocycles. The summed E-state index contributed by atoms with van der Waals surface area (Å²) >= 11 is 0. The maximum absolute atomic E-state index is 12.3. The molecule has 1 aliphatic rings. The molecule has 1 aromatic heterocycles. The van der Waals surface area contributed by atoms with Crippen molar-refractivity contribution in [2.75, 3.05) is 42.5 Å². The molecule has 0 radical (unpaired) electrons. The van der Waals surface area contributed by atoms with Crippen molar-refractivity contribution >= 4 is 17.4 Å². The maximum atomic E-state index is 12.3. The summed E-state index contributed by atoms with van der Waals surface area (Å²) in [5.41, 5.74) is 1.96. The van der Waals surface area contributed by atoms with Gasteiger partial charge in [-0.2, -0.15) is 0 Å². The van der Waals surface area contributed by atoms with Crippen molar-refractivity contribution in [1.29, 1.82) is 0 Å². The quantitative estimate of drug-likeness (QED) is 0.777. The van der Waals surface area contributed by atoms with Crippen LogP contribution in [0.2, 0.25) is 0 Å². The van der Waals surface area contributed by atoms with Gasteiger partial charge < -0.3 is 15.1 Å². The van der Waals surface area contributed by atoms with Crippen molar-refractivity contribution in [3.8, 4) is 0 Å². The molecule has 5 nitrogen and oxygen atoms in total. The SMILES string of the molecule is CCCCCNC(=O)c1ccnc(N2CCN(c3ccccc3)CC2)c1. The normalized spacial score (nSPS) is 14.3. The minimum Gasteiger partial charge on any atom is -0.368 e. The summed E-state index contributed by atoms with van der Waals surface area (Å²) in [6, 6.07) is 14.2. The van der Waals surface area contributed by atoms with Crippen LogP contribution in [0.15, 0.2) is 48.7 Å². The minimum absolute atomic E-state index is 0.00678. The minimum atomic E-state index is -0.00678. The van der Waals surface area contributed by atoms with Gasteiger partial charge in [-0.25, -0.2) is 4.98 Å². The van der Waals surface area contributed by atoms with Gasteiger partial charge in [-0.15, -0.1) is 0 Å². The van der Waals surface area contributed by atoms with Crippen LogP contribution in [-0.2, 0) is 0 Å². The van der Waals surface area contributed by atoms with E-state index in [1.807, 2.05) is 12.1 Å². The van der Waals surface area contributed by atoms with Crippen molar-refractivity contribution in [3.05, 3.63) is 54.2 Å². The second-order valence-corrected chi connectivity index (χ2v) is 6.68. The number of aromatic nitrogens is 1. The van der Waals surface area contributed by atoms with Gasteiger partial charge in [-0.05, 0) is 30.7 Å². The smallest absolute Gasteiger partial charge is 0.251 e. The summed E-state index contributed by atoms with van der Waals surface area (Å²) in [6.45, 7) is 6.62. The van der Waals surface area contributed by atoms with Crippen LogP contribution in [0.1, 0.15) is 36.5 Å². The molecule has 3 rings (SSSR count). The first-order valence-corrected chi connectivity index (χ1v) is 9.57. The largest absolute Gasteiger partial charge is 0.368 e. The van der Waals surface area contributed by atoms with Gasteiger partial charge in [0.2, 0.25) is 0 Å². The number of amides is 1. The Labute approximate surface area is 156 Å². The highest BCUT2D eigenvalue weighted by atomic mass is 16.1. The first-order valence-electron chi connectivity index (χ1n) is 9.57. The Hall–Kier alpha value is -2.56. The number of unbranched alkanes of at least 4 members (excludes halogenated alkanes) is 2. The molecule has 2 aromatic rings. The molecule has 0 saturated carbocycles. The van der Waals surface area contributed by atoms with Crippen LogP contribution in [0.3, 0.4) is 0 Å². The predicted molar refractivity (Wildman–Crippen MR) is 107 cm³/mol. The third-order valence-electron chi connectivity index (χ3n) is 4.80. The fourth-order valence-electron chi connectivity index (χ4n) is 3.24. The van der Waals surface area contributed by atoms with Crippen molar-refractivity contribution in [2.45, 2.75) is 26.2 Å². The van der Waals surface area contributed by atoms with Crippen LogP contribution >= 0.6 is 0 Å². The van der Waals surface area contributed by atoms with E-state index in [9.17, 15) is 4.79 Å². The fourth-order valence-corrected chi connectivity index (χ4v) is 3.24. The average Bonchev–Trinajstić information content (AvgIpc) is 2.72. The van der Waals surface area contributed by atoms with E-state index in [1.54, 1.807) is 12.3 Å². The topological polar surface area (TPSA) is 48.5 Å². The second kappa shape index (κ2) is 9.22. The lowest BCUT2D eigenvalue weighted by molar-refractivity contribution is 0.0953. The molecule has 5 heteroatoms. The molecule has 0 atom stereocenters. The van der Waals surface area contributed by atoms with Gasteiger partial charge >= 0.3 is 0 Å². The average molecular weight is 352 g/mol. The molecule has 1 N–H and O–H groups in total. The first-order chi connectivity index (χ1) is 12.8. The summed E-state index contributed by atoms with van der Waals surface area (Å²) < 4.78 is 0. The molecular weight excluding hydrogens is 324 g/mol. The lowest BCUT2D eigenvalue weighted by atomic mass is 10.2. The Kier molecular flexibility index (Phi) is 6.47. The Bertz CT molecular complexity index is 696. The predicted octanol–water partition coefficient (Wildman–Crippen LogP) is 3.33.